The Morgan fingerprint density at radius 3 is 1.44 bits per heavy atom. The molecule has 0 spiro atoms. The van der Waals surface area contributed by atoms with Crippen LogP contribution in [0, 0.1) is 0 Å². The van der Waals surface area contributed by atoms with E-state index in [1.54, 1.807) is 0 Å². The van der Waals surface area contributed by atoms with Crippen molar-refractivity contribution in [3.8, 4) is 0 Å². The minimum absolute atomic E-state index is 0.863. The van der Waals surface area contributed by atoms with E-state index in [4.69, 9.17) is 0 Å². The smallest absolute Gasteiger partial charge is 0.0367 e. The molecule has 0 aliphatic heterocycles. The highest BCUT2D eigenvalue weighted by atomic mass is 15.1. The summed E-state index contributed by atoms with van der Waals surface area (Å²) < 4.78 is 0. The molecule has 0 aliphatic rings. The van der Waals surface area contributed by atoms with Gasteiger partial charge in [0, 0.05) is 38.6 Å². The normalized spacial score (nSPS) is 9.62. The largest absolute Gasteiger partial charge is 0.371 e. The molecular weight excluding hydrogens is 196 g/mol. The first-order valence-electron chi connectivity index (χ1n) is 5.43. The van der Waals surface area contributed by atoms with Crippen LogP contribution in [0.2, 0.25) is 0 Å². The number of hydrogen-bond acceptors (Lipinski definition) is 2. The van der Waals surface area contributed by atoms with Crippen molar-refractivity contribution in [1.29, 1.82) is 0 Å². The van der Waals surface area contributed by atoms with Gasteiger partial charge in [-0.25, -0.2) is 0 Å². The summed E-state index contributed by atoms with van der Waals surface area (Å²) in [5.41, 5.74) is 2.41. The van der Waals surface area contributed by atoms with Crippen molar-refractivity contribution in [3.63, 3.8) is 0 Å². The van der Waals surface area contributed by atoms with E-state index < -0.39 is 0 Å². The van der Waals surface area contributed by atoms with Crippen LogP contribution in [0.25, 0.3) is 0 Å². The Kier molecular flexibility index (Phi) is 4.65. The molecule has 1 aromatic carbocycles. The third-order valence-electron chi connectivity index (χ3n) is 2.54. The number of rotatable bonds is 6. The monoisotopic (exact) mass is 216 g/mol. The summed E-state index contributed by atoms with van der Waals surface area (Å²) in [7, 11) is 4.12. The second-order valence-corrected chi connectivity index (χ2v) is 3.85. The Morgan fingerprint density at radius 2 is 1.19 bits per heavy atom. The van der Waals surface area contributed by atoms with Gasteiger partial charge < -0.3 is 9.80 Å². The molecule has 0 heterocycles. The summed E-state index contributed by atoms with van der Waals surface area (Å²) in [6.07, 6.45) is 3.80. The van der Waals surface area contributed by atoms with Crippen molar-refractivity contribution in [2.24, 2.45) is 0 Å². The lowest BCUT2D eigenvalue weighted by Gasteiger charge is -2.20. The molecule has 0 unspecified atom stereocenters. The lowest BCUT2D eigenvalue weighted by atomic mass is 10.2. The van der Waals surface area contributed by atoms with Gasteiger partial charge in [-0.3, -0.25) is 0 Å². The Hall–Kier alpha value is -1.70. The second-order valence-electron chi connectivity index (χ2n) is 3.85. The molecule has 0 radical (unpaired) electrons. The number of anilines is 2. The quantitative estimate of drug-likeness (QED) is 0.675. The zero-order valence-corrected chi connectivity index (χ0v) is 10.2. The standard InChI is InChI=1S/C14H20N2/c1-5-11-15(3)13-7-9-14(10-8-13)16(4)12-6-2/h5-10H,1-2,11-12H2,3-4H3. The Bertz CT molecular complexity index is 305. The number of hydrogen-bond donors (Lipinski definition) is 0. The highest BCUT2D eigenvalue weighted by Crippen LogP contribution is 2.18. The van der Waals surface area contributed by atoms with Gasteiger partial charge >= 0.3 is 0 Å². The first-order valence-corrected chi connectivity index (χ1v) is 5.43. The zero-order chi connectivity index (χ0) is 12.0. The van der Waals surface area contributed by atoms with E-state index >= 15 is 0 Å². The van der Waals surface area contributed by atoms with Crippen LogP contribution in [0.3, 0.4) is 0 Å². The van der Waals surface area contributed by atoms with E-state index in [1.807, 2.05) is 12.2 Å². The minimum Gasteiger partial charge on any atom is -0.371 e. The average Bonchev–Trinajstić information content (AvgIpc) is 2.30. The summed E-state index contributed by atoms with van der Waals surface area (Å²) in [6.45, 7) is 9.20. The topological polar surface area (TPSA) is 6.48 Å². The van der Waals surface area contributed by atoms with Crippen molar-refractivity contribution in [3.05, 3.63) is 49.6 Å². The van der Waals surface area contributed by atoms with Crippen molar-refractivity contribution < 1.29 is 0 Å². The third-order valence-corrected chi connectivity index (χ3v) is 2.54. The van der Waals surface area contributed by atoms with Gasteiger partial charge in [-0.1, -0.05) is 12.2 Å². The van der Waals surface area contributed by atoms with E-state index in [2.05, 4.69) is 61.3 Å². The molecule has 2 nitrogen and oxygen atoms in total. The molecular formula is C14H20N2. The van der Waals surface area contributed by atoms with E-state index in [0.29, 0.717) is 0 Å². The summed E-state index contributed by atoms with van der Waals surface area (Å²) in [5, 5.41) is 0. The lowest BCUT2D eigenvalue weighted by Crippen LogP contribution is -2.18. The van der Waals surface area contributed by atoms with Crippen molar-refractivity contribution in [2.45, 2.75) is 0 Å². The molecule has 0 aliphatic carbocycles. The first kappa shape index (κ1) is 12.4. The third kappa shape index (κ3) is 3.16. The van der Waals surface area contributed by atoms with E-state index in [1.165, 1.54) is 11.4 Å². The van der Waals surface area contributed by atoms with Crippen LogP contribution in [0.5, 0.6) is 0 Å². The van der Waals surface area contributed by atoms with E-state index in [0.717, 1.165) is 13.1 Å². The van der Waals surface area contributed by atoms with Gasteiger partial charge in [-0.05, 0) is 24.3 Å². The van der Waals surface area contributed by atoms with Crippen LogP contribution < -0.4 is 9.80 Å². The molecule has 0 aromatic heterocycles. The molecule has 0 saturated carbocycles. The van der Waals surface area contributed by atoms with Crippen LogP contribution >= 0.6 is 0 Å². The molecule has 0 saturated heterocycles. The maximum atomic E-state index is 3.74. The SMILES string of the molecule is C=CCN(C)c1ccc(N(C)CC=C)cc1. The fraction of sp³-hybridized carbons (Fsp3) is 0.286. The van der Waals surface area contributed by atoms with Crippen molar-refractivity contribution in [1.82, 2.24) is 0 Å². The number of benzene rings is 1. The van der Waals surface area contributed by atoms with Gasteiger partial charge in [0.05, 0.1) is 0 Å². The van der Waals surface area contributed by atoms with Gasteiger partial charge in [0.2, 0.25) is 0 Å². The highest BCUT2D eigenvalue weighted by molar-refractivity contribution is 5.56. The molecule has 2 heteroatoms. The number of likely N-dealkylation sites (N-methyl/N-ethyl adjacent to an activating group) is 2. The van der Waals surface area contributed by atoms with Gasteiger partial charge in [-0.15, -0.1) is 13.2 Å². The number of nitrogens with zero attached hydrogens (tertiary/aromatic N) is 2. The van der Waals surface area contributed by atoms with Crippen LogP contribution in [-0.2, 0) is 0 Å². The molecule has 0 amide bonds. The molecule has 0 bridgehead atoms. The lowest BCUT2D eigenvalue weighted by molar-refractivity contribution is 1.02. The predicted molar refractivity (Wildman–Crippen MR) is 73.4 cm³/mol. The summed E-state index contributed by atoms with van der Waals surface area (Å²) >= 11 is 0. The van der Waals surface area contributed by atoms with Crippen LogP contribution in [0.4, 0.5) is 11.4 Å². The minimum atomic E-state index is 0.863. The maximum absolute atomic E-state index is 3.74. The molecule has 16 heavy (non-hydrogen) atoms. The zero-order valence-electron chi connectivity index (χ0n) is 10.2. The molecule has 1 rings (SSSR count). The summed E-state index contributed by atoms with van der Waals surface area (Å²) in [6, 6.07) is 8.49. The Morgan fingerprint density at radius 1 is 0.875 bits per heavy atom. The Labute approximate surface area is 98.5 Å². The van der Waals surface area contributed by atoms with Crippen LogP contribution in [-0.4, -0.2) is 27.2 Å². The average molecular weight is 216 g/mol. The van der Waals surface area contributed by atoms with Gasteiger partial charge in [0.1, 0.15) is 0 Å². The Balaban J connectivity index is 2.74. The summed E-state index contributed by atoms with van der Waals surface area (Å²) in [5.74, 6) is 0. The predicted octanol–water partition coefficient (Wildman–Crippen LogP) is 2.93. The molecule has 0 N–H and O–H groups in total. The van der Waals surface area contributed by atoms with Crippen LogP contribution in [0.15, 0.2) is 49.6 Å². The fourth-order valence-corrected chi connectivity index (χ4v) is 1.56. The highest BCUT2D eigenvalue weighted by Gasteiger charge is 2.01. The first-order chi connectivity index (χ1) is 7.69. The maximum Gasteiger partial charge on any atom is 0.0367 e. The molecule has 86 valence electrons. The van der Waals surface area contributed by atoms with E-state index in [9.17, 15) is 0 Å². The molecule has 0 atom stereocenters. The van der Waals surface area contributed by atoms with Gasteiger partial charge in [0.25, 0.3) is 0 Å². The molecule has 0 fully saturated rings. The van der Waals surface area contributed by atoms with Crippen molar-refractivity contribution in [2.75, 3.05) is 37.0 Å². The van der Waals surface area contributed by atoms with E-state index in [-0.39, 0.29) is 0 Å². The fourth-order valence-electron chi connectivity index (χ4n) is 1.56. The van der Waals surface area contributed by atoms with Gasteiger partial charge in [-0.2, -0.15) is 0 Å². The molecule has 1 aromatic rings. The summed E-state index contributed by atoms with van der Waals surface area (Å²) in [4.78, 5) is 4.31. The van der Waals surface area contributed by atoms with Crippen molar-refractivity contribution >= 4 is 11.4 Å². The van der Waals surface area contributed by atoms with Gasteiger partial charge in [0.15, 0.2) is 0 Å². The van der Waals surface area contributed by atoms with Crippen LogP contribution in [0.1, 0.15) is 0 Å². The second kappa shape index (κ2) is 6.01.